The molecule has 0 amide bonds. The molecule has 10 heteroatoms. The Labute approximate surface area is 206 Å². The maximum absolute atomic E-state index is 13.8. The molecule has 1 saturated heterocycles. The number of nitrogens with one attached hydrogen (secondary N) is 2. The van der Waals surface area contributed by atoms with Crippen LogP contribution in [0.2, 0.25) is 10.0 Å². The molecule has 0 aliphatic carbocycles. The van der Waals surface area contributed by atoms with E-state index in [1.807, 2.05) is 4.57 Å². The molecule has 0 spiro atoms. The van der Waals surface area contributed by atoms with Crippen molar-refractivity contribution in [1.82, 2.24) is 20.2 Å². The van der Waals surface area contributed by atoms with Gasteiger partial charge >= 0.3 is 0 Å². The van der Waals surface area contributed by atoms with Gasteiger partial charge in [-0.3, -0.25) is 0 Å². The van der Waals surface area contributed by atoms with Crippen LogP contribution in [0.25, 0.3) is 11.4 Å². The molecule has 1 unspecified atom stereocenters. The number of aromatic nitrogens is 2. The molecular weight excluding hydrogens is 481 g/mol. The number of nitrogen functional groups attached to an aromatic ring is 1. The summed E-state index contributed by atoms with van der Waals surface area (Å²) in [6.45, 7) is 6.42. The molecule has 6 nitrogen and oxygen atoms in total. The minimum atomic E-state index is -0.644. The van der Waals surface area contributed by atoms with E-state index < -0.39 is 11.6 Å². The maximum Gasteiger partial charge on any atom is 0.145 e. The highest BCUT2D eigenvalue weighted by molar-refractivity contribution is 6.39. The minimum Gasteiger partial charge on any atom is -0.383 e. The molecule has 1 aliphatic heterocycles. The molecule has 34 heavy (non-hydrogen) atoms. The van der Waals surface area contributed by atoms with Crippen molar-refractivity contribution in [2.24, 2.45) is 10.9 Å². The summed E-state index contributed by atoms with van der Waals surface area (Å²) in [6, 6.07) is 8.67. The Kier molecular flexibility index (Phi) is 7.50. The topological polar surface area (TPSA) is 80.3 Å². The molecule has 4 rings (SSSR count). The van der Waals surface area contributed by atoms with E-state index in [4.69, 9.17) is 28.9 Å². The maximum atomic E-state index is 13.8. The zero-order valence-electron chi connectivity index (χ0n) is 18.3. The van der Waals surface area contributed by atoms with Crippen molar-refractivity contribution < 1.29 is 8.78 Å². The number of nitrogens with zero attached hydrogens (tertiary/aromatic N) is 3. The summed E-state index contributed by atoms with van der Waals surface area (Å²) >= 11 is 12.9. The van der Waals surface area contributed by atoms with E-state index in [0.717, 1.165) is 25.6 Å². The third-order valence-corrected chi connectivity index (χ3v) is 6.30. The molecule has 4 N–H and O–H groups in total. The van der Waals surface area contributed by atoms with Crippen molar-refractivity contribution in [3.05, 3.63) is 81.7 Å². The van der Waals surface area contributed by atoms with Gasteiger partial charge in [0, 0.05) is 24.7 Å². The normalized spacial score (nSPS) is 15.8. The molecule has 1 aromatic heterocycles. The molecule has 0 bridgehead atoms. The van der Waals surface area contributed by atoms with E-state index in [0.29, 0.717) is 51.0 Å². The molecular formula is C24H24Cl2F2N6. The van der Waals surface area contributed by atoms with Crippen LogP contribution in [-0.2, 0) is 13.1 Å². The molecule has 0 radical (unpaired) electrons. The highest BCUT2D eigenvalue weighted by atomic mass is 35.5. The Morgan fingerprint density at radius 1 is 1.29 bits per heavy atom. The smallest absolute Gasteiger partial charge is 0.145 e. The monoisotopic (exact) mass is 504 g/mol. The van der Waals surface area contributed by atoms with Crippen molar-refractivity contribution in [2.75, 3.05) is 18.8 Å². The van der Waals surface area contributed by atoms with Gasteiger partial charge in [-0.25, -0.2) is 18.8 Å². The van der Waals surface area contributed by atoms with Gasteiger partial charge in [0.2, 0.25) is 0 Å². The average Bonchev–Trinajstić information content (AvgIpc) is 3.41. The number of imidazole rings is 1. The van der Waals surface area contributed by atoms with Crippen LogP contribution >= 0.6 is 23.2 Å². The van der Waals surface area contributed by atoms with E-state index in [2.05, 4.69) is 27.2 Å². The third kappa shape index (κ3) is 5.41. The van der Waals surface area contributed by atoms with E-state index in [1.165, 1.54) is 18.3 Å². The zero-order valence-corrected chi connectivity index (χ0v) is 19.8. The molecule has 1 fully saturated rings. The summed E-state index contributed by atoms with van der Waals surface area (Å²) in [5.74, 6) is 0.382. The Morgan fingerprint density at radius 3 is 2.74 bits per heavy atom. The van der Waals surface area contributed by atoms with E-state index in [9.17, 15) is 8.78 Å². The minimum absolute atomic E-state index is 0.0986. The average molecular weight is 505 g/mol. The molecule has 0 saturated carbocycles. The van der Waals surface area contributed by atoms with Crippen molar-refractivity contribution in [3.63, 3.8) is 0 Å². The lowest BCUT2D eigenvalue weighted by molar-refractivity contribution is 0.488. The zero-order chi connectivity index (χ0) is 24.2. The number of rotatable bonds is 8. The van der Waals surface area contributed by atoms with Gasteiger partial charge in [-0.15, -0.1) is 0 Å². The predicted molar refractivity (Wildman–Crippen MR) is 133 cm³/mol. The summed E-state index contributed by atoms with van der Waals surface area (Å²) in [5, 5.41) is 7.20. The Balaban J connectivity index is 1.58. The van der Waals surface area contributed by atoms with Gasteiger partial charge in [-0.05, 0) is 43.6 Å². The van der Waals surface area contributed by atoms with Gasteiger partial charge in [-0.2, -0.15) is 0 Å². The van der Waals surface area contributed by atoms with E-state index in [-0.39, 0.29) is 12.4 Å². The van der Waals surface area contributed by atoms with Crippen molar-refractivity contribution in [2.45, 2.75) is 19.5 Å². The van der Waals surface area contributed by atoms with Crippen molar-refractivity contribution >= 4 is 35.2 Å². The number of benzene rings is 2. The number of halogens is 4. The first-order chi connectivity index (χ1) is 16.3. The molecule has 2 heterocycles. The number of hydrogen-bond donors (Lipinski definition) is 3. The first-order valence-corrected chi connectivity index (χ1v) is 11.5. The van der Waals surface area contributed by atoms with Crippen LogP contribution in [0.5, 0.6) is 0 Å². The number of nitrogens with two attached hydrogens (primary N) is 1. The fourth-order valence-corrected chi connectivity index (χ4v) is 4.41. The number of anilines is 1. The molecule has 3 aromatic rings. The Hall–Kier alpha value is -2.94. The van der Waals surface area contributed by atoms with Crippen LogP contribution in [-0.4, -0.2) is 28.9 Å². The summed E-state index contributed by atoms with van der Waals surface area (Å²) in [4.78, 5) is 8.97. The van der Waals surface area contributed by atoms with Crippen LogP contribution in [0, 0.1) is 17.6 Å². The van der Waals surface area contributed by atoms with Gasteiger partial charge in [0.15, 0.2) is 0 Å². The second kappa shape index (κ2) is 10.5. The number of aliphatic imine (C=N–C) groups is 1. The summed E-state index contributed by atoms with van der Waals surface area (Å²) in [6.07, 6.45) is 2.51. The van der Waals surface area contributed by atoms with Crippen LogP contribution in [0.3, 0.4) is 0 Å². The van der Waals surface area contributed by atoms with Gasteiger partial charge in [0.1, 0.15) is 34.8 Å². The lowest BCUT2D eigenvalue weighted by Gasteiger charge is -2.15. The Bertz CT molecular complexity index is 1210. The largest absolute Gasteiger partial charge is 0.383 e. The fourth-order valence-electron chi connectivity index (χ4n) is 3.84. The molecule has 1 aliphatic rings. The second-order valence-corrected chi connectivity index (χ2v) is 8.88. The van der Waals surface area contributed by atoms with Gasteiger partial charge in [-0.1, -0.05) is 41.9 Å². The quantitative estimate of drug-likeness (QED) is 0.376. The lowest BCUT2D eigenvalue weighted by Crippen LogP contribution is -2.17. The van der Waals surface area contributed by atoms with Crippen molar-refractivity contribution in [1.29, 1.82) is 0 Å². The first kappa shape index (κ1) is 24.2. The van der Waals surface area contributed by atoms with Gasteiger partial charge in [0.05, 0.1) is 21.8 Å². The third-order valence-electron chi connectivity index (χ3n) is 5.67. The predicted octanol–water partition coefficient (Wildman–Crippen LogP) is 5.01. The SMILES string of the molecule is C=C(N=Cc1nc(-c2c(Cl)cccc2Cl)n(CC2CCNC2)c1N)NCc1ccc(F)cc1F. The second-order valence-electron chi connectivity index (χ2n) is 8.07. The van der Waals surface area contributed by atoms with Crippen molar-refractivity contribution in [3.8, 4) is 11.4 Å². The van der Waals surface area contributed by atoms with Crippen LogP contribution < -0.4 is 16.4 Å². The van der Waals surface area contributed by atoms with Crippen LogP contribution in [0.15, 0.2) is 53.8 Å². The summed E-state index contributed by atoms with van der Waals surface area (Å²) < 4.78 is 28.8. The lowest BCUT2D eigenvalue weighted by atomic mass is 10.1. The highest BCUT2D eigenvalue weighted by Gasteiger charge is 2.23. The Morgan fingerprint density at radius 2 is 2.06 bits per heavy atom. The molecule has 1 atom stereocenters. The van der Waals surface area contributed by atoms with Gasteiger partial charge in [0.25, 0.3) is 0 Å². The summed E-state index contributed by atoms with van der Waals surface area (Å²) in [7, 11) is 0. The van der Waals surface area contributed by atoms with Crippen LogP contribution in [0.4, 0.5) is 14.6 Å². The first-order valence-electron chi connectivity index (χ1n) is 10.8. The van der Waals surface area contributed by atoms with E-state index in [1.54, 1.807) is 18.2 Å². The van der Waals surface area contributed by atoms with Gasteiger partial charge < -0.3 is 20.9 Å². The summed E-state index contributed by atoms with van der Waals surface area (Å²) in [5.41, 5.74) is 7.81. The molecule has 178 valence electrons. The molecule has 2 aromatic carbocycles. The fraction of sp³-hybridized carbons (Fsp3) is 0.250. The van der Waals surface area contributed by atoms with Crippen LogP contribution in [0.1, 0.15) is 17.7 Å². The standard InChI is InChI=1S/C24H24Cl2F2N6/c1-14(31-11-16-5-6-17(27)9-20(16)28)32-12-21-23(29)34(13-15-7-8-30-10-15)24(33-21)22-18(25)3-2-4-19(22)26/h2-6,9,12,15,30-31H,1,7-8,10-11,13,29H2. The number of hydrogen-bond acceptors (Lipinski definition) is 5. The highest BCUT2D eigenvalue weighted by Crippen LogP contribution is 2.36. The van der Waals surface area contributed by atoms with E-state index >= 15 is 0 Å².